The second-order valence-corrected chi connectivity index (χ2v) is 9.39. The molecule has 0 spiro atoms. The van der Waals surface area contributed by atoms with Crippen LogP contribution in [0.3, 0.4) is 0 Å². The lowest BCUT2D eigenvalue weighted by molar-refractivity contribution is 0.0701. The summed E-state index contributed by atoms with van der Waals surface area (Å²) < 4.78 is 25.4. The standard InChI is InChI=1S/C12H18N2O4S3/c1-8-10(11(15)16)20-12(13-8)19-7-9-4-3-5-14(6-9)21(2,17)18/h9H,3-7H2,1-2H3,(H,15,16). The average Bonchev–Trinajstić information content (AvgIpc) is 2.77. The molecule has 1 aliphatic rings. The molecular weight excluding hydrogens is 332 g/mol. The Bertz CT molecular complexity index is 626. The number of carboxylic acids is 1. The third-order valence-corrected chi connectivity index (χ3v) is 7.15. The number of thioether (sulfide) groups is 1. The number of carboxylic acid groups (broad SMARTS) is 1. The van der Waals surface area contributed by atoms with Crippen molar-refractivity contribution in [3.8, 4) is 0 Å². The number of thiazole rings is 1. The van der Waals surface area contributed by atoms with Gasteiger partial charge in [0.1, 0.15) is 4.88 Å². The van der Waals surface area contributed by atoms with Gasteiger partial charge in [-0.3, -0.25) is 0 Å². The van der Waals surface area contributed by atoms with Gasteiger partial charge >= 0.3 is 5.97 Å². The van der Waals surface area contributed by atoms with E-state index < -0.39 is 16.0 Å². The molecule has 9 heteroatoms. The number of carbonyl (C=O) groups is 1. The number of hydrogen-bond donors (Lipinski definition) is 1. The van der Waals surface area contributed by atoms with E-state index in [2.05, 4.69) is 4.98 Å². The van der Waals surface area contributed by atoms with Gasteiger partial charge in [-0.2, -0.15) is 0 Å². The normalized spacial score (nSPS) is 20.6. The van der Waals surface area contributed by atoms with E-state index >= 15 is 0 Å². The Morgan fingerprint density at radius 3 is 2.86 bits per heavy atom. The summed E-state index contributed by atoms with van der Waals surface area (Å²) >= 11 is 2.70. The molecule has 1 atom stereocenters. The molecule has 0 radical (unpaired) electrons. The van der Waals surface area contributed by atoms with Gasteiger partial charge in [0, 0.05) is 18.8 Å². The smallest absolute Gasteiger partial charge is 0.347 e. The van der Waals surface area contributed by atoms with Gasteiger partial charge in [-0.15, -0.1) is 11.3 Å². The second kappa shape index (κ2) is 6.64. The predicted molar refractivity (Wildman–Crippen MR) is 83.7 cm³/mol. The van der Waals surface area contributed by atoms with Crippen molar-refractivity contribution in [2.75, 3.05) is 25.1 Å². The lowest BCUT2D eigenvalue weighted by atomic mass is 10.0. The summed E-state index contributed by atoms with van der Waals surface area (Å²) in [5.74, 6) is 0.103. The van der Waals surface area contributed by atoms with Crippen molar-refractivity contribution in [3.05, 3.63) is 10.6 Å². The fraction of sp³-hybridized carbons (Fsp3) is 0.667. The van der Waals surface area contributed by atoms with Gasteiger partial charge in [0.2, 0.25) is 10.0 Å². The first-order valence-electron chi connectivity index (χ1n) is 6.56. The minimum Gasteiger partial charge on any atom is -0.477 e. The van der Waals surface area contributed by atoms with Crippen molar-refractivity contribution in [1.29, 1.82) is 0 Å². The van der Waals surface area contributed by atoms with Crippen LogP contribution < -0.4 is 0 Å². The van der Waals surface area contributed by atoms with Gasteiger partial charge in [0.15, 0.2) is 4.34 Å². The highest BCUT2D eigenvalue weighted by Gasteiger charge is 2.26. The zero-order chi connectivity index (χ0) is 15.6. The molecule has 0 aromatic carbocycles. The first-order valence-corrected chi connectivity index (χ1v) is 10.2. The van der Waals surface area contributed by atoms with Crippen LogP contribution in [-0.2, 0) is 10.0 Å². The highest BCUT2D eigenvalue weighted by atomic mass is 32.2. The van der Waals surface area contributed by atoms with Gasteiger partial charge in [-0.05, 0) is 25.7 Å². The molecule has 0 bridgehead atoms. The molecule has 0 amide bonds. The number of sulfonamides is 1. The largest absolute Gasteiger partial charge is 0.477 e. The van der Waals surface area contributed by atoms with Crippen LogP contribution in [-0.4, -0.2) is 53.9 Å². The summed E-state index contributed by atoms with van der Waals surface area (Å²) in [6.07, 6.45) is 3.11. The topological polar surface area (TPSA) is 87.6 Å². The molecule has 1 unspecified atom stereocenters. The molecule has 2 rings (SSSR count). The molecule has 1 aromatic heterocycles. The van der Waals surface area contributed by atoms with Crippen LogP contribution in [0.1, 0.15) is 28.2 Å². The van der Waals surface area contributed by atoms with Crippen LogP contribution >= 0.6 is 23.1 Å². The molecule has 1 aliphatic heterocycles. The highest BCUT2D eigenvalue weighted by Crippen LogP contribution is 2.31. The van der Waals surface area contributed by atoms with Crippen LogP contribution in [0.4, 0.5) is 0 Å². The lowest BCUT2D eigenvalue weighted by Gasteiger charge is -2.30. The number of aromatic nitrogens is 1. The van der Waals surface area contributed by atoms with E-state index in [1.54, 1.807) is 6.92 Å². The van der Waals surface area contributed by atoms with E-state index in [0.29, 0.717) is 18.8 Å². The van der Waals surface area contributed by atoms with Crippen molar-refractivity contribution in [3.63, 3.8) is 0 Å². The zero-order valence-corrected chi connectivity index (χ0v) is 14.4. The Labute approximate surface area is 132 Å². The zero-order valence-electron chi connectivity index (χ0n) is 11.9. The quantitative estimate of drug-likeness (QED) is 0.816. The number of nitrogens with zero attached hydrogens (tertiary/aromatic N) is 2. The summed E-state index contributed by atoms with van der Waals surface area (Å²) in [7, 11) is -3.12. The molecule has 21 heavy (non-hydrogen) atoms. The average molecular weight is 350 g/mol. The maximum absolute atomic E-state index is 11.6. The van der Waals surface area contributed by atoms with Crippen molar-refractivity contribution in [1.82, 2.24) is 9.29 Å². The van der Waals surface area contributed by atoms with Gasteiger partial charge in [-0.1, -0.05) is 11.8 Å². The molecule has 1 fully saturated rings. The highest BCUT2D eigenvalue weighted by molar-refractivity contribution is 8.01. The molecular formula is C12H18N2O4S3. The number of rotatable bonds is 5. The molecule has 2 heterocycles. The number of hydrogen-bond acceptors (Lipinski definition) is 6. The number of piperidine rings is 1. The maximum Gasteiger partial charge on any atom is 0.347 e. The molecule has 6 nitrogen and oxygen atoms in total. The van der Waals surface area contributed by atoms with Crippen LogP contribution in [0.15, 0.2) is 4.34 Å². The summed E-state index contributed by atoms with van der Waals surface area (Å²) in [6, 6.07) is 0. The van der Waals surface area contributed by atoms with Gasteiger partial charge in [0.05, 0.1) is 11.9 Å². The van der Waals surface area contributed by atoms with Crippen LogP contribution in [0, 0.1) is 12.8 Å². The molecule has 1 N–H and O–H groups in total. The number of aryl methyl sites for hydroxylation is 1. The van der Waals surface area contributed by atoms with Crippen molar-refractivity contribution in [2.24, 2.45) is 5.92 Å². The third-order valence-electron chi connectivity index (χ3n) is 3.36. The van der Waals surface area contributed by atoms with Gasteiger partial charge in [-0.25, -0.2) is 22.5 Å². The van der Waals surface area contributed by atoms with E-state index in [-0.39, 0.29) is 10.8 Å². The van der Waals surface area contributed by atoms with Crippen molar-refractivity contribution < 1.29 is 18.3 Å². The third kappa shape index (κ3) is 4.41. The lowest BCUT2D eigenvalue weighted by Crippen LogP contribution is -2.39. The first-order chi connectivity index (χ1) is 9.77. The predicted octanol–water partition coefficient (Wildman–Crippen LogP) is 1.91. The Balaban J connectivity index is 1.94. The van der Waals surface area contributed by atoms with E-state index in [0.717, 1.165) is 22.9 Å². The first kappa shape index (κ1) is 16.7. The van der Waals surface area contributed by atoms with Crippen LogP contribution in [0.5, 0.6) is 0 Å². The summed E-state index contributed by atoms with van der Waals surface area (Å²) in [4.78, 5) is 15.5. The molecule has 0 aliphatic carbocycles. The van der Waals surface area contributed by atoms with Crippen molar-refractivity contribution >= 4 is 39.1 Å². The molecule has 0 saturated carbocycles. The molecule has 1 saturated heterocycles. The minimum atomic E-state index is -3.12. The molecule has 118 valence electrons. The van der Waals surface area contributed by atoms with Crippen LogP contribution in [0.2, 0.25) is 0 Å². The summed E-state index contributed by atoms with van der Waals surface area (Å²) in [5.41, 5.74) is 0.538. The van der Waals surface area contributed by atoms with Crippen molar-refractivity contribution in [2.45, 2.75) is 24.1 Å². The number of aromatic carboxylic acids is 1. The van der Waals surface area contributed by atoms with E-state index in [9.17, 15) is 13.2 Å². The fourth-order valence-electron chi connectivity index (χ4n) is 2.29. The Morgan fingerprint density at radius 1 is 1.57 bits per heavy atom. The Hall–Kier alpha value is -0.640. The van der Waals surface area contributed by atoms with E-state index in [1.165, 1.54) is 33.7 Å². The maximum atomic E-state index is 11.6. The Kier molecular flexibility index (Phi) is 5.29. The second-order valence-electron chi connectivity index (χ2n) is 5.14. The fourth-order valence-corrected chi connectivity index (χ4v) is 5.41. The van der Waals surface area contributed by atoms with E-state index in [1.807, 2.05) is 0 Å². The van der Waals surface area contributed by atoms with Crippen LogP contribution in [0.25, 0.3) is 0 Å². The SMILES string of the molecule is Cc1nc(SCC2CCCN(S(C)(=O)=O)C2)sc1C(=O)O. The summed E-state index contributed by atoms with van der Waals surface area (Å²) in [5, 5.41) is 9.01. The van der Waals surface area contributed by atoms with Gasteiger partial charge in [0.25, 0.3) is 0 Å². The van der Waals surface area contributed by atoms with Gasteiger partial charge < -0.3 is 5.11 Å². The van der Waals surface area contributed by atoms with E-state index in [4.69, 9.17) is 5.11 Å². The minimum absolute atomic E-state index is 0.277. The summed E-state index contributed by atoms with van der Waals surface area (Å²) in [6.45, 7) is 2.83. The monoisotopic (exact) mass is 350 g/mol. The molecule has 1 aromatic rings. The Morgan fingerprint density at radius 2 is 2.29 bits per heavy atom.